The van der Waals surface area contributed by atoms with E-state index < -0.39 is 0 Å². The van der Waals surface area contributed by atoms with E-state index in [1.807, 2.05) is 18.2 Å². The van der Waals surface area contributed by atoms with Crippen LogP contribution in [0.2, 0.25) is 0 Å². The van der Waals surface area contributed by atoms with E-state index in [0.717, 1.165) is 36.3 Å². The molecule has 1 unspecified atom stereocenters. The number of fused-ring (bicyclic) bond motifs is 1. The second-order valence-electron chi connectivity index (χ2n) is 6.57. The molecule has 0 radical (unpaired) electrons. The summed E-state index contributed by atoms with van der Waals surface area (Å²) in [6.45, 7) is 3.25. The van der Waals surface area contributed by atoms with Gasteiger partial charge in [0.05, 0.1) is 13.2 Å². The first kappa shape index (κ1) is 17.4. The van der Waals surface area contributed by atoms with Crippen LogP contribution < -0.4 is 20.1 Å². The molecule has 2 N–H and O–H groups in total. The smallest absolute Gasteiger partial charge is 0.317 e. The van der Waals surface area contributed by atoms with Gasteiger partial charge in [0, 0.05) is 31.6 Å². The van der Waals surface area contributed by atoms with Gasteiger partial charge in [0.1, 0.15) is 6.61 Å². The third-order valence-electron chi connectivity index (χ3n) is 4.69. The third kappa shape index (κ3) is 4.15. The number of hydrogen-bond donors (Lipinski definition) is 2. The lowest BCUT2D eigenvalue weighted by atomic mass is 10.0. The van der Waals surface area contributed by atoms with Crippen molar-refractivity contribution in [2.45, 2.75) is 38.3 Å². The van der Waals surface area contributed by atoms with Crippen LogP contribution in [0.15, 0.2) is 18.2 Å². The average molecular weight is 347 g/mol. The van der Waals surface area contributed by atoms with Gasteiger partial charge in [-0.1, -0.05) is 12.1 Å². The molecule has 25 heavy (non-hydrogen) atoms. The number of ether oxygens (including phenoxy) is 2. The first-order valence-electron chi connectivity index (χ1n) is 8.68. The standard InChI is InChI=1S/C18H25N3O4/c1-12(22)19-14-6-8-21(9-7-14)18(23)20-15-10-13-4-3-5-16(24-2)17(13)25-11-15/h3-5,14-15H,6-11H2,1-2H3,(H,19,22)(H,20,23). The molecule has 3 rings (SSSR count). The summed E-state index contributed by atoms with van der Waals surface area (Å²) in [6, 6.07) is 5.84. The summed E-state index contributed by atoms with van der Waals surface area (Å²) < 4.78 is 11.1. The first-order chi connectivity index (χ1) is 12.1. The van der Waals surface area contributed by atoms with Crippen LogP contribution in [0.5, 0.6) is 11.5 Å². The second kappa shape index (κ2) is 7.63. The van der Waals surface area contributed by atoms with E-state index in [2.05, 4.69) is 10.6 Å². The van der Waals surface area contributed by atoms with E-state index in [9.17, 15) is 9.59 Å². The maximum atomic E-state index is 12.5. The molecule has 0 aliphatic carbocycles. The number of para-hydroxylation sites is 1. The van der Waals surface area contributed by atoms with Crippen LogP contribution in [0.25, 0.3) is 0 Å². The Morgan fingerprint density at radius 3 is 2.64 bits per heavy atom. The summed E-state index contributed by atoms with van der Waals surface area (Å²) in [5, 5.41) is 5.97. The number of piperidine rings is 1. The van der Waals surface area contributed by atoms with Crippen molar-refractivity contribution in [3.63, 3.8) is 0 Å². The van der Waals surface area contributed by atoms with Crippen molar-refractivity contribution in [2.24, 2.45) is 0 Å². The Morgan fingerprint density at radius 2 is 1.96 bits per heavy atom. The fourth-order valence-corrected chi connectivity index (χ4v) is 3.43. The zero-order valence-electron chi connectivity index (χ0n) is 14.7. The van der Waals surface area contributed by atoms with Gasteiger partial charge in [-0.25, -0.2) is 4.79 Å². The number of methoxy groups -OCH3 is 1. The molecule has 2 aliphatic rings. The highest BCUT2D eigenvalue weighted by molar-refractivity contribution is 5.75. The summed E-state index contributed by atoms with van der Waals surface area (Å²) in [6.07, 6.45) is 2.29. The van der Waals surface area contributed by atoms with Crippen molar-refractivity contribution < 1.29 is 19.1 Å². The Bertz CT molecular complexity index is 641. The van der Waals surface area contributed by atoms with E-state index in [1.165, 1.54) is 6.92 Å². The van der Waals surface area contributed by atoms with Gasteiger partial charge < -0.3 is 25.0 Å². The molecule has 136 valence electrons. The van der Waals surface area contributed by atoms with Crippen LogP contribution in [0.3, 0.4) is 0 Å². The summed E-state index contributed by atoms with van der Waals surface area (Å²) in [5.74, 6) is 1.48. The van der Waals surface area contributed by atoms with Gasteiger partial charge in [-0.05, 0) is 25.3 Å². The maximum Gasteiger partial charge on any atom is 0.317 e. The first-order valence-corrected chi connectivity index (χ1v) is 8.68. The molecule has 1 atom stereocenters. The fraction of sp³-hybridized carbons (Fsp3) is 0.556. The molecular weight excluding hydrogens is 322 g/mol. The van der Waals surface area contributed by atoms with Crippen molar-refractivity contribution >= 4 is 11.9 Å². The molecule has 0 bridgehead atoms. The number of rotatable bonds is 3. The molecule has 2 heterocycles. The number of nitrogens with one attached hydrogen (secondary N) is 2. The van der Waals surface area contributed by atoms with Crippen LogP contribution in [0, 0.1) is 0 Å². The van der Waals surface area contributed by atoms with Crippen LogP contribution in [0.4, 0.5) is 4.79 Å². The molecule has 1 saturated heterocycles. The lowest BCUT2D eigenvalue weighted by molar-refractivity contribution is -0.119. The van der Waals surface area contributed by atoms with E-state index in [4.69, 9.17) is 9.47 Å². The number of carbonyl (C=O) groups is 2. The van der Waals surface area contributed by atoms with Crippen molar-refractivity contribution in [1.29, 1.82) is 0 Å². The van der Waals surface area contributed by atoms with E-state index in [1.54, 1.807) is 12.0 Å². The van der Waals surface area contributed by atoms with Crippen LogP contribution >= 0.6 is 0 Å². The molecule has 3 amide bonds. The second-order valence-corrected chi connectivity index (χ2v) is 6.57. The Balaban J connectivity index is 1.52. The molecule has 1 aromatic rings. The Hall–Kier alpha value is -2.44. The van der Waals surface area contributed by atoms with Gasteiger partial charge in [0.25, 0.3) is 0 Å². The van der Waals surface area contributed by atoms with Crippen molar-refractivity contribution in [3.05, 3.63) is 23.8 Å². The largest absolute Gasteiger partial charge is 0.493 e. The Morgan fingerprint density at radius 1 is 1.20 bits per heavy atom. The molecule has 0 spiro atoms. The van der Waals surface area contributed by atoms with E-state index in [0.29, 0.717) is 19.7 Å². The summed E-state index contributed by atoms with van der Waals surface area (Å²) in [7, 11) is 1.62. The fourth-order valence-electron chi connectivity index (χ4n) is 3.43. The summed E-state index contributed by atoms with van der Waals surface area (Å²) in [5.41, 5.74) is 1.04. The highest BCUT2D eigenvalue weighted by atomic mass is 16.5. The topological polar surface area (TPSA) is 79.9 Å². The van der Waals surface area contributed by atoms with Gasteiger partial charge in [0.2, 0.25) is 5.91 Å². The maximum absolute atomic E-state index is 12.5. The normalized spacial score (nSPS) is 20.2. The summed E-state index contributed by atoms with van der Waals surface area (Å²) in [4.78, 5) is 25.4. The average Bonchev–Trinajstić information content (AvgIpc) is 2.61. The van der Waals surface area contributed by atoms with E-state index >= 15 is 0 Å². The zero-order chi connectivity index (χ0) is 17.8. The molecule has 7 heteroatoms. The Labute approximate surface area is 147 Å². The highest BCUT2D eigenvalue weighted by Crippen LogP contribution is 2.34. The number of benzene rings is 1. The number of hydrogen-bond acceptors (Lipinski definition) is 4. The number of urea groups is 1. The lowest BCUT2D eigenvalue weighted by Crippen LogP contribution is -2.53. The van der Waals surface area contributed by atoms with Crippen LogP contribution in [0.1, 0.15) is 25.3 Å². The van der Waals surface area contributed by atoms with Gasteiger partial charge in [-0.15, -0.1) is 0 Å². The Kier molecular flexibility index (Phi) is 5.31. The predicted octanol–water partition coefficient (Wildman–Crippen LogP) is 1.31. The zero-order valence-corrected chi connectivity index (χ0v) is 14.7. The van der Waals surface area contributed by atoms with Crippen molar-refractivity contribution in [1.82, 2.24) is 15.5 Å². The number of amides is 3. The molecule has 0 aromatic heterocycles. The SMILES string of the molecule is COc1cccc2c1OCC(NC(=O)N1CCC(NC(C)=O)CC1)C2. The molecule has 7 nitrogen and oxygen atoms in total. The van der Waals surface area contributed by atoms with Gasteiger partial charge >= 0.3 is 6.03 Å². The van der Waals surface area contributed by atoms with Gasteiger partial charge in [-0.3, -0.25) is 4.79 Å². The molecular formula is C18H25N3O4. The summed E-state index contributed by atoms with van der Waals surface area (Å²) >= 11 is 0. The van der Waals surface area contributed by atoms with Crippen molar-refractivity contribution in [3.8, 4) is 11.5 Å². The number of likely N-dealkylation sites (tertiary alicyclic amines) is 1. The molecule has 1 fully saturated rings. The van der Waals surface area contributed by atoms with Gasteiger partial charge in [0.15, 0.2) is 11.5 Å². The monoisotopic (exact) mass is 347 g/mol. The predicted molar refractivity (Wildman–Crippen MR) is 92.9 cm³/mol. The molecule has 2 aliphatic heterocycles. The van der Waals surface area contributed by atoms with E-state index in [-0.39, 0.29) is 24.0 Å². The van der Waals surface area contributed by atoms with Crippen molar-refractivity contribution in [2.75, 3.05) is 26.8 Å². The van der Waals surface area contributed by atoms with Gasteiger partial charge in [-0.2, -0.15) is 0 Å². The van der Waals surface area contributed by atoms with Crippen LogP contribution in [-0.4, -0.2) is 55.7 Å². The number of nitrogens with zero attached hydrogens (tertiary/aromatic N) is 1. The third-order valence-corrected chi connectivity index (χ3v) is 4.69. The minimum absolute atomic E-state index is 0.0173. The quantitative estimate of drug-likeness (QED) is 0.864. The minimum Gasteiger partial charge on any atom is -0.493 e. The molecule has 0 saturated carbocycles. The highest BCUT2D eigenvalue weighted by Gasteiger charge is 2.27. The minimum atomic E-state index is -0.0683. The molecule has 1 aromatic carbocycles. The number of carbonyl (C=O) groups excluding carboxylic acids is 2. The van der Waals surface area contributed by atoms with Crippen LogP contribution in [-0.2, 0) is 11.2 Å². The lowest BCUT2D eigenvalue weighted by Gasteiger charge is -2.34.